The number of nitrogens with zero attached hydrogens (tertiary/aromatic N) is 4. The molecule has 0 bridgehead atoms. The van der Waals surface area contributed by atoms with E-state index >= 15 is 0 Å². The van der Waals surface area contributed by atoms with E-state index in [0.717, 1.165) is 32.4 Å². The van der Waals surface area contributed by atoms with Crippen LogP contribution >= 0.6 is 0 Å². The first-order valence-corrected chi connectivity index (χ1v) is 9.27. The first kappa shape index (κ1) is 18.8. The first-order valence-electron chi connectivity index (χ1n) is 9.27. The van der Waals surface area contributed by atoms with Crippen LogP contribution in [0.15, 0.2) is 47.6 Å². The lowest BCUT2D eigenvalue weighted by molar-refractivity contribution is -0.384. The van der Waals surface area contributed by atoms with Crippen molar-refractivity contribution in [3.8, 4) is 0 Å². The molecule has 1 aliphatic heterocycles. The van der Waals surface area contributed by atoms with Gasteiger partial charge in [-0.3, -0.25) is 24.5 Å². The van der Waals surface area contributed by atoms with E-state index in [1.165, 1.54) is 10.6 Å². The van der Waals surface area contributed by atoms with E-state index < -0.39 is 4.92 Å². The van der Waals surface area contributed by atoms with Crippen molar-refractivity contribution in [2.45, 2.75) is 39.2 Å². The maximum absolute atomic E-state index is 13.0. The highest BCUT2D eigenvalue weighted by molar-refractivity contribution is 5.97. The van der Waals surface area contributed by atoms with Crippen LogP contribution in [0.1, 0.15) is 43.5 Å². The zero-order valence-electron chi connectivity index (χ0n) is 15.7. The zero-order chi connectivity index (χ0) is 19.4. The molecule has 0 amide bonds. The molecule has 0 unspecified atom stereocenters. The SMILES string of the molecule is CC(C)N=c1ccccn1C(=O)c1ccc(N2CCCCC2)c([N+](=O)[O-])c1. The summed E-state index contributed by atoms with van der Waals surface area (Å²) in [5.74, 6) is -0.330. The van der Waals surface area contributed by atoms with Crippen LogP contribution in [0.2, 0.25) is 0 Å². The second-order valence-corrected chi connectivity index (χ2v) is 6.97. The van der Waals surface area contributed by atoms with Crippen LogP contribution in [-0.2, 0) is 0 Å². The highest BCUT2D eigenvalue weighted by Gasteiger charge is 2.23. The summed E-state index contributed by atoms with van der Waals surface area (Å²) in [4.78, 5) is 30.7. The molecule has 0 spiro atoms. The fourth-order valence-corrected chi connectivity index (χ4v) is 3.32. The van der Waals surface area contributed by atoms with Gasteiger partial charge in [-0.2, -0.15) is 0 Å². The minimum absolute atomic E-state index is 0.0263. The Morgan fingerprint density at radius 2 is 1.89 bits per heavy atom. The number of piperidine rings is 1. The average Bonchev–Trinajstić information content (AvgIpc) is 2.67. The molecule has 1 saturated heterocycles. The van der Waals surface area contributed by atoms with E-state index in [0.29, 0.717) is 11.2 Å². The molecule has 0 aliphatic carbocycles. The van der Waals surface area contributed by atoms with Gasteiger partial charge in [-0.05, 0) is 57.4 Å². The van der Waals surface area contributed by atoms with E-state index in [9.17, 15) is 14.9 Å². The summed E-state index contributed by atoms with van der Waals surface area (Å²) in [7, 11) is 0. The second-order valence-electron chi connectivity index (χ2n) is 6.97. The fraction of sp³-hybridized carbons (Fsp3) is 0.400. The molecule has 7 heteroatoms. The highest BCUT2D eigenvalue weighted by Crippen LogP contribution is 2.31. The van der Waals surface area contributed by atoms with Gasteiger partial charge in [0.05, 0.1) is 4.92 Å². The van der Waals surface area contributed by atoms with E-state index in [1.54, 1.807) is 30.5 Å². The Morgan fingerprint density at radius 1 is 1.15 bits per heavy atom. The minimum Gasteiger partial charge on any atom is -0.366 e. The molecule has 2 aromatic rings. The first-order chi connectivity index (χ1) is 13.0. The number of carbonyl (C=O) groups is 1. The number of aromatic nitrogens is 1. The molecule has 0 saturated carbocycles. The lowest BCUT2D eigenvalue weighted by Gasteiger charge is -2.28. The summed E-state index contributed by atoms with van der Waals surface area (Å²) in [6.07, 6.45) is 4.83. The van der Waals surface area contributed by atoms with Gasteiger partial charge in [-0.25, -0.2) is 0 Å². The van der Waals surface area contributed by atoms with E-state index in [1.807, 2.05) is 24.8 Å². The predicted molar refractivity (Wildman–Crippen MR) is 104 cm³/mol. The number of rotatable bonds is 4. The van der Waals surface area contributed by atoms with Gasteiger partial charge in [-0.1, -0.05) is 6.07 Å². The van der Waals surface area contributed by atoms with Crippen molar-refractivity contribution in [3.63, 3.8) is 0 Å². The molecule has 1 fully saturated rings. The van der Waals surface area contributed by atoms with Crippen LogP contribution in [0.5, 0.6) is 0 Å². The van der Waals surface area contributed by atoms with Crippen molar-refractivity contribution in [2.75, 3.05) is 18.0 Å². The van der Waals surface area contributed by atoms with Crippen LogP contribution in [0.25, 0.3) is 0 Å². The van der Waals surface area contributed by atoms with Crippen LogP contribution < -0.4 is 10.4 Å². The van der Waals surface area contributed by atoms with Gasteiger partial charge in [0.2, 0.25) is 0 Å². The number of carbonyl (C=O) groups excluding carboxylic acids is 1. The molecule has 1 aromatic carbocycles. The van der Waals surface area contributed by atoms with Gasteiger partial charge in [0.25, 0.3) is 11.6 Å². The third-order valence-corrected chi connectivity index (χ3v) is 4.56. The largest absolute Gasteiger partial charge is 0.366 e. The average molecular weight is 368 g/mol. The Kier molecular flexibility index (Phi) is 5.69. The van der Waals surface area contributed by atoms with E-state index in [-0.39, 0.29) is 23.2 Å². The lowest BCUT2D eigenvalue weighted by Crippen LogP contribution is -2.30. The number of hydrogen-bond acceptors (Lipinski definition) is 5. The molecule has 142 valence electrons. The number of benzene rings is 1. The summed E-state index contributed by atoms with van der Waals surface area (Å²) in [6.45, 7) is 5.47. The maximum atomic E-state index is 13.0. The molecular formula is C20H24N4O3. The molecular weight excluding hydrogens is 344 g/mol. The van der Waals surface area contributed by atoms with Crippen LogP contribution in [0.4, 0.5) is 11.4 Å². The molecule has 0 N–H and O–H groups in total. The normalized spacial score (nSPS) is 15.2. The number of pyridine rings is 1. The van der Waals surface area contributed by atoms with E-state index in [4.69, 9.17) is 0 Å². The Labute approximate surface area is 158 Å². The number of anilines is 1. The number of hydrogen-bond donors (Lipinski definition) is 0. The van der Waals surface area contributed by atoms with Crippen LogP contribution in [0, 0.1) is 10.1 Å². The molecule has 0 radical (unpaired) electrons. The Balaban J connectivity index is 2.02. The second kappa shape index (κ2) is 8.16. The topological polar surface area (TPSA) is 80.7 Å². The summed E-state index contributed by atoms with van der Waals surface area (Å²) in [6, 6.07) is 10.1. The van der Waals surface area contributed by atoms with Crippen molar-refractivity contribution in [1.29, 1.82) is 0 Å². The summed E-state index contributed by atoms with van der Waals surface area (Å²) in [5, 5.41) is 11.6. The van der Waals surface area contributed by atoms with Crippen molar-refractivity contribution in [1.82, 2.24) is 4.57 Å². The number of nitro benzene ring substituents is 1. The van der Waals surface area contributed by atoms with Crippen LogP contribution in [0.3, 0.4) is 0 Å². The molecule has 1 aliphatic rings. The molecule has 0 atom stereocenters. The maximum Gasteiger partial charge on any atom is 0.293 e. The third kappa shape index (κ3) is 4.24. The van der Waals surface area contributed by atoms with Crippen LogP contribution in [-0.4, -0.2) is 34.5 Å². The molecule has 27 heavy (non-hydrogen) atoms. The number of nitro groups is 1. The summed E-state index contributed by atoms with van der Waals surface area (Å²) >= 11 is 0. The third-order valence-electron chi connectivity index (χ3n) is 4.56. The summed E-state index contributed by atoms with van der Waals surface area (Å²) in [5.41, 5.74) is 1.36. The molecule has 3 rings (SSSR count). The smallest absolute Gasteiger partial charge is 0.293 e. The predicted octanol–water partition coefficient (Wildman–Crippen LogP) is 3.38. The van der Waals surface area contributed by atoms with Crippen molar-refractivity contribution < 1.29 is 9.72 Å². The van der Waals surface area contributed by atoms with Gasteiger partial charge in [0, 0.05) is 37.0 Å². The fourth-order valence-electron chi connectivity index (χ4n) is 3.32. The molecule has 2 heterocycles. The lowest BCUT2D eigenvalue weighted by atomic mass is 10.1. The Bertz CT molecular complexity index is 911. The van der Waals surface area contributed by atoms with Crippen molar-refractivity contribution >= 4 is 17.3 Å². The zero-order valence-corrected chi connectivity index (χ0v) is 15.7. The standard InChI is InChI=1S/C20H24N4O3/c1-15(2)21-19-8-4-7-13-23(19)20(25)16-9-10-17(18(14-16)24(26)27)22-11-5-3-6-12-22/h4,7-10,13-15H,3,5-6,11-12H2,1-2H3. The molecule has 1 aromatic heterocycles. The van der Waals surface area contributed by atoms with Gasteiger partial charge in [-0.15, -0.1) is 0 Å². The monoisotopic (exact) mass is 368 g/mol. The Morgan fingerprint density at radius 3 is 2.56 bits per heavy atom. The van der Waals surface area contributed by atoms with Gasteiger partial charge < -0.3 is 4.90 Å². The Hall–Kier alpha value is -2.96. The van der Waals surface area contributed by atoms with Gasteiger partial charge in [0.15, 0.2) is 0 Å². The molecule has 7 nitrogen and oxygen atoms in total. The highest BCUT2D eigenvalue weighted by atomic mass is 16.6. The van der Waals surface area contributed by atoms with E-state index in [2.05, 4.69) is 4.99 Å². The quantitative estimate of drug-likeness (QED) is 0.612. The van der Waals surface area contributed by atoms with Gasteiger partial charge >= 0.3 is 0 Å². The summed E-state index contributed by atoms with van der Waals surface area (Å²) < 4.78 is 1.43. The van der Waals surface area contributed by atoms with Gasteiger partial charge in [0.1, 0.15) is 11.2 Å². The van der Waals surface area contributed by atoms with Crippen molar-refractivity contribution in [2.24, 2.45) is 4.99 Å². The minimum atomic E-state index is -0.407. The van der Waals surface area contributed by atoms with Crippen molar-refractivity contribution in [3.05, 3.63) is 63.8 Å².